The van der Waals surface area contributed by atoms with Crippen molar-refractivity contribution in [1.82, 2.24) is 9.80 Å². The highest BCUT2D eigenvalue weighted by Gasteiger charge is 2.31. The highest BCUT2D eigenvalue weighted by molar-refractivity contribution is 5.95. The minimum Gasteiger partial charge on any atom is -0.378 e. The van der Waals surface area contributed by atoms with Gasteiger partial charge in [0.25, 0.3) is 0 Å². The Morgan fingerprint density at radius 1 is 1.08 bits per heavy atom. The summed E-state index contributed by atoms with van der Waals surface area (Å²) in [4.78, 5) is 29.0. The number of carbonyl (C=O) groups excluding carboxylic acids is 2. The van der Waals surface area contributed by atoms with Gasteiger partial charge >= 0.3 is 0 Å². The highest BCUT2D eigenvalue weighted by atomic mass is 16.5. The van der Waals surface area contributed by atoms with E-state index in [2.05, 4.69) is 0 Å². The van der Waals surface area contributed by atoms with E-state index < -0.39 is 0 Å². The summed E-state index contributed by atoms with van der Waals surface area (Å²) in [6.07, 6.45) is 3.43. The Hall–Kier alpha value is -2.14. The fourth-order valence-electron chi connectivity index (χ4n) is 3.48. The van der Waals surface area contributed by atoms with Gasteiger partial charge in [-0.25, -0.2) is 0 Å². The maximum absolute atomic E-state index is 12.7. The molecule has 3 rings (SSSR count). The molecule has 0 radical (unpaired) electrons. The van der Waals surface area contributed by atoms with Gasteiger partial charge in [0.2, 0.25) is 11.8 Å². The zero-order chi connectivity index (χ0) is 17.6. The Balaban J connectivity index is 1.62. The van der Waals surface area contributed by atoms with Gasteiger partial charge in [-0.2, -0.15) is 0 Å². The molecular weight excluding hydrogens is 316 g/mol. The van der Waals surface area contributed by atoms with Crippen molar-refractivity contribution in [2.24, 2.45) is 5.92 Å². The van der Waals surface area contributed by atoms with Crippen LogP contribution in [0.25, 0.3) is 5.57 Å². The standard InChI is InChI=1S/C20H26N2O3/c1-16(17-6-3-2-4-7-17)14-19(23)22-9-5-8-18(15-22)20(24)21-10-12-25-13-11-21/h2-4,6-7,14,18H,5,8-13,15H2,1H3. The quantitative estimate of drug-likeness (QED) is 0.791. The second kappa shape index (κ2) is 8.30. The molecule has 0 spiro atoms. The number of hydrogen-bond acceptors (Lipinski definition) is 3. The molecule has 0 N–H and O–H groups in total. The number of hydrogen-bond donors (Lipinski definition) is 0. The number of piperidine rings is 1. The summed E-state index contributed by atoms with van der Waals surface area (Å²) in [5.74, 6) is 0.0895. The lowest BCUT2D eigenvalue weighted by molar-refractivity contribution is -0.143. The monoisotopic (exact) mass is 342 g/mol. The Kier molecular flexibility index (Phi) is 5.87. The summed E-state index contributed by atoms with van der Waals surface area (Å²) < 4.78 is 5.32. The third-order valence-electron chi connectivity index (χ3n) is 4.97. The molecule has 2 fully saturated rings. The molecular formula is C20H26N2O3. The largest absolute Gasteiger partial charge is 0.378 e. The third kappa shape index (κ3) is 4.48. The number of morpholine rings is 1. The van der Waals surface area contributed by atoms with Gasteiger partial charge in [-0.1, -0.05) is 30.3 Å². The summed E-state index contributed by atoms with van der Waals surface area (Å²) >= 11 is 0. The van der Waals surface area contributed by atoms with E-state index in [1.807, 2.05) is 47.1 Å². The number of rotatable bonds is 3. The second-order valence-corrected chi connectivity index (χ2v) is 6.75. The molecule has 2 aliphatic heterocycles. The van der Waals surface area contributed by atoms with E-state index in [1.165, 1.54) is 0 Å². The number of benzene rings is 1. The minimum atomic E-state index is -0.0822. The van der Waals surface area contributed by atoms with E-state index in [1.54, 1.807) is 6.08 Å². The molecule has 0 aromatic heterocycles. The summed E-state index contributed by atoms with van der Waals surface area (Å²) in [5.41, 5.74) is 2.00. The van der Waals surface area contributed by atoms with Crippen molar-refractivity contribution < 1.29 is 14.3 Å². The van der Waals surface area contributed by atoms with E-state index in [0.29, 0.717) is 32.8 Å². The zero-order valence-electron chi connectivity index (χ0n) is 14.8. The number of nitrogens with zero attached hydrogens (tertiary/aromatic N) is 2. The van der Waals surface area contributed by atoms with Gasteiger partial charge in [0.1, 0.15) is 0 Å². The Bertz CT molecular complexity index is 636. The number of likely N-dealkylation sites (tertiary alicyclic amines) is 1. The average Bonchev–Trinajstić information content (AvgIpc) is 2.68. The zero-order valence-corrected chi connectivity index (χ0v) is 14.8. The van der Waals surface area contributed by atoms with Gasteiger partial charge in [-0.15, -0.1) is 0 Å². The first kappa shape index (κ1) is 17.7. The van der Waals surface area contributed by atoms with Crippen LogP contribution in [0.2, 0.25) is 0 Å². The van der Waals surface area contributed by atoms with Crippen LogP contribution in [-0.2, 0) is 14.3 Å². The molecule has 2 aliphatic rings. The molecule has 25 heavy (non-hydrogen) atoms. The van der Waals surface area contributed by atoms with Crippen LogP contribution < -0.4 is 0 Å². The summed E-state index contributed by atoms with van der Waals surface area (Å²) in [6, 6.07) is 9.90. The lowest BCUT2D eigenvalue weighted by Gasteiger charge is -2.36. The van der Waals surface area contributed by atoms with E-state index in [0.717, 1.165) is 30.5 Å². The molecule has 0 bridgehead atoms. The van der Waals surface area contributed by atoms with Gasteiger partial charge < -0.3 is 14.5 Å². The lowest BCUT2D eigenvalue weighted by Crippen LogP contribution is -2.49. The smallest absolute Gasteiger partial charge is 0.246 e. The summed E-state index contributed by atoms with van der Waals surface area (Å²) in [6.45, 7) is 5.75. The maximum Gasteiger partial charge on any atom is 0.246 e. The first-order chi connectivity index (χ1) is 12.1. The number of carbonyl (C=O) groups is 2. The molecule has 2 amide bonds. The van der Waals surface area contributed by atoms with Crippen LogP contribution in [0, 0.1) is 5.92 Å². The van der Waals surface area contributed by atoms with E-state index in [4.69, 9.17) is 4.74 Å². The Labute approximate surface area is 149 Å². The van der Waals surface area contributed by atoms with Gasteiger partial charge in [0, 0.05) is 32.3 Å². The molecule has 0 saturated carbocycles. The molecule has 5 heteroatoms. The van der Waals surface area contributed by atoms with Gasteiger partial charge in [0.15, 0.2) is 0 Å². The van der Waals surface area contributed by atoms with Crippen molar-refractivity contribution in [2.45, 2.75) is 19.8 Å². The van der Waals surface area contributed by atoms with Crippen molar-refractivity contribution >= 4 is 17.4 Å². The fourth-order valence-corrected chi connectivity index (χ4v) is 3.48. The average molecular weight is 342 g/mol. The normalized spacial score (nSPS) is 22.0. The number of ether oxygens (including phenoxy) is 1. The third-order valence-corrected chi connectivity index (χ3v) is 4.97. The molecule has 2 saturated heterocycles. The lowest BCUT2D eigenvalue weighted by atomic mass is 9.96. The van der Waals surface area contributed by atoms with Crippen molar-refractivity contribution in [3.8, 4) is 0 Å². The maximum atomic E-state index is 12.7. The molecule has 1 atom stereocenters. The van der Waals surface area contributed by atoms with E-state index in [-0.39, 0.29) is 17.7 Å². The van der Waals surface area contributed by atoms with Crippen molar-refractivity contribution in [3.63, 3.8) is 0 Å². The Morgan fingerprint density at radius 2 is 1.80 bits per heavy atom. The van der Waals surface area contributed by atoms with Crippen molar-refractivity contribution in [3.05, 3.63) is 42.0 Å². The number of allylic oxidation sites excluding steroid dienone is 1. The fraction of sp³-hybridized carbons (Fsp3) is 0.500. The topological polar surface area (TPSA) is 49.9 Å². The van der Waals surface area contributed by atoms with Crippen LogP contribution in [0.15, 0.2) is 36.4 Å². The number of amides is 2. The molecule has 2 heterocycles. The van der Waals surface area contributed by atoms with Crippen LogP contribution in [0.1, 0.15) is 25.3 Å². The first-order valence-electron chi connectivity index (χ1n) is 9.04. The molecule has 1 aromatic carbocycles. The molecule has 5 nitrogen and oxygen atoms in total. The first-order valence-corrected chi connectivity index (χ1v) is 9.04. The highest BCUT2D eigenvalue weighted by Crippen LogP contribution is 2.21. The SMILES string of the molecule is CC(=CC(=O)N1CCCC(C(=O)N2CCOCC2)C1)c1ccccc1. The van der Waals surface area contributed by atoms with Gasteiger partial charge in [-0.3, -0.25) is 9.59 Å². The van der Waals surface area contributed by atoms with Crippen LogP contribution in [-0.4, -0.2) is 61.0 Å². The minimum absolute atomic E-state index is 0.000769. The molecule has 0 aliphatic carbocycles. The van der Waals surface area contributed by atoms with Crippen LogP contribution in [0.3, 0.4) is 0 Å². The van der Waals surface area contributed by atoms with Crippen LogP contribution in [0.5, 0.6) is 0 Å². The second-order valence-electron chi connectivity index (χ2n) is 6.75. The van der Waals surface area contributed by atoms with Crippen LogP contribution >= 0.6 is 0 Å². The van der Waals surface area contributed by atoms with E-state index in [9.17, 15) is 9.59 Å². The predicted molar refractivity (Wildman–Crippen MR) is 96.8 cm³/mol. The van der Waals surface area contributed by atoms with Gasteiger partial charge in [0.05, 0.1) is 19.1 Å². The van der Waals surface area contributed by atoms with Crippen molar-refractivity contribution in [2.75, 3.05) is 39.4 Å². The van der Waals surface area contributed by atoms with Crippen molar-refractivity contribution in [1.29, 1.82) is 0 Å². The van der Waals surface area contributed by atoms with Crippen LogP contribution in [0.4, 0.5) is 0 Å². The predicted octanol–water partition coefficient (Wildman–Crippen LogP) is 2.19. The summed E-state index contributed by atoms with van der Waals surface area (Å²) in [5, 5.41) is 0. The summed E-state index contributed by atoms with van der Waals surface area (Å²) in [7, 11) is 0. The molecule has 134 valence electrons. The Morgan fingerprint density at radius 3 is 2.52 bits per heavy atom. The van der Waals surface area contributed by atoms with Gasteiger partial charge in [-0.05, 0) is 30.9 Å². The molecule has 1 unspecified atom stereocenters. The van der Waals surface area contributed by atoms with E-state index >= 15 is 0 Å². The molecule has 1 aromatic rings.